The Kier molecular flexibility index (Phi) is 6.15. The summed E-state index contributed by atoms with van der Waals surface area (Å²) < 4.78 is 2.04. The van der Waals surface area contributed by atoms with Crippen molar-refractivity contribution in [3.8, 4) is 17.1 Å². The number of nitrogens with two attached hydrogens (primary N) is 1. The van der Waals surface area contributed by atoms with Crippen LogP contribution in [0.3, 0.4) is 0 Å². The number of nitrogen functional groups attached to an aromatic ring is 1. The first-order valence-electron chi connectivity index (χ1n) is 11.4. The molecule has 0 bridgehead atoms. The van der Waals surface area contributed by atoms with E-state index in [0.717, 1.165) is 27.8 Å². The lowest BCUT2D eigenvalue weighted by molar-refractivity contribution is -0.136. The highest BCUT2D eigenvalue weighted by Gasteiger charge is 2.16. The van der Waals surface area contributed by atoms with Crippen LogP contribution in [-0.4, -0.2) is 31.5 Å². The van der Waals surface area contributed by atoms with E-state index >= 15 is 0 Å². The third-order valence-corrected chi connectivity index (χ3v) is 5.83. The van der Waals surface area contributed by atoms with Crippen molar-refractivity contribution >= 4 is 28.7 Å². The number of carbonyl (C=O) groups is 2. The van der Waals surface area contributed by atoms with Crippen molar-refractivity contribution in [1.82, 2.24) is 19.9 Å². The van der Waals surface area contributed by atoms with Crippen LogP contribution in [0.15, 0.2) is 91.1 Å². The molecule has 8 heteroatoms. The van der Waals surface area contributed by atoms with Gasteiger partial charge in [0.2, 0.25) is 0 Å². The van der Waals surface area contributed by atoms with Crippen molar-refractivity contribution < 1.29 is 14.7 Å². The van der Waals surface area contributed by atoms with Gasteiger partial charge in [-0.05, 0) is 59.7 Å². The van der Waals surface area contributed by atoms with Gasteiger partial charge in [0.25, 0.3) is 5.91 Å². The third kappa shape index (κ3) is 4.65. The fraction of sp³-hybridized carbons (Fsp3) is 0.0714. The van der Waals surface area contributed by atoms with Crippen LogP contribution >= 0.6 is 0 Å². The average Bonchev–Trinajstić information content (AvgIpc) is 3.27. The van der Waals surface area contributed by atoms with E-state index in [0.29, 0.717) is 29.3 Å². The van der Waals surface area contributed by atoms with E-state index in [4.69, 9.17) is 15.8 Å². The van der Waals surface area contributed by atoms with Crippen LogP contribution < -0.4 is 11.1 Å². The number of para-hydroxylation sites is 2. The van der Waals surface area contributed by atoms with E-state index in [1.54, 1.807) is 30.5 Å². The van der Waals surface area contributed by atoms with Crippen LogP contribution in [0.1, 0.15) is 21.5 Å². The first-order chi connectivity index (χ1) is 17.5. The van der Waals surface area contributed by atoms with Gasteiger partial charge >= 0.3 is 5.97 Å². The fourth-order valence-electron chi connectivity index (χ4n) is 4.12. The molecule has 2 aromatic heterocycles. The molecule has 178 valence electrons. The summed E-state index contributed by atoms with van der Waals surface area (Å²) in [5.41, 5.74) is 11.5. The first-order valence-corrected chi connectivity index (χ1v) is 11.4. The minimum absolute atomic E-state index is 0.127. The molecule has 0 aliphatic heterocycles. The molecule has 0 radical (unpaired) electrons. The number of nitrogens with one attached hydrogen (secondary N) is 1. The molecule has 0 saturated heterocycles. The van der Waals surface area contributed by atoms with E-state index in [9.17, 15) is 9.59 Å². The van der Waals surface area contributed by atoms with Gasteiger partial charge in [-0.1, -0.05) is 36.4 Å². The standard InChI is InChI=1S/C28H23N5O3/c29-26-22(7-4-14-30-26)27-32-23-8-1-2-9-24(23)33(27)21-12-10-18(11-13-21)17-31-28(36)20-6-3-5-19(15-20)16-25(34)35/h1-15H,16-17H2,(H2,29,30)(H,31,36)(H,34,35). The SMILES string of the molecule is Nc1ncccc1-c1nc2ccccc2n1-c1ccc(CNC(=O)c2cccc(CC(=O)O)c2)cc1. The number of nitrogens with zero attached hydrogens (tertiary/aromatic N) is 3. The molecule has 4 N–H and O–H groups in total. The van der Waals surface area contributed by atoms with Gasteiger partial charge in [0.05, 0.1) is 23.0 Å². The molecule has 0 aliphatic carbocycles. The van der Waals surface area contributed by atoms with Gasteiger partial charge in [0.1, 0.15) is 11.6 Å². The number of imidazole rings is 1. The molecule has 3 aromatic carbocycles. The topological polar surface area (TPSA) is 123 Å². The number of rotatable bonds is 7. The highest BCUT2D eigenvalue weighted by molar-refractivity contribution is 5.94. The number of carbonyl (C=O) groups excluding carboxylic acids is 1. The van der Waals surface area contributed by atoms with Crippen LogP contribution in [0, 0.1) is 0 Å². The molecule has 0 spiro atoms. The molecular formula is C28H23N5O3. The average molecular weight is 478 g/mol. The quantitative estimate of drug-likeness (QED) is 0.322. The van der Waals surface area contributed by atoms with Crippen molar-refractivity contribution in [1.29, 1.82) is 0 Å². The number of anilines is 1. The largest absolute Gasteiger partial charge is 0.481 e. The number of aromatic nitrogens is 3. The van der Waals surface area contributed by atoms with Gasteiger partial charge in [-0.15, -0.1) is 0 Å². The second kappa shape index (κ2) is 9.71. The zero-order valence-electron chi connectivity index (χ0n) is 19.3. The Labute approximate surface area is 207 Å². The zero-order chi connectivity index (χ0) is 25.1. The minimum atomic E-state index is -0.937. The number of amides is 1. The van der Waals surface area contributed by atoms with Crippen LogP contribution in [0.25, 0.3) is 28.1 Å². The zero-order valence-corrected chi connectivity index (χ0v) is 19.3. The Morgan fingerprint density at radius 3 is 2.50 bits per heavy atom. The summed E-state index contributed by atoms with van der Waals surface area (Å²) in [5.74, 6) is -0.0983. The summed E-state index contributed by atoms with van der Waals surface area (Å²) in [6.45, 7) is 0.329. The van der Waals surface area contributed by atoms with E-state index in [2.05, 4.69) is 10.3 Å². The Morgan fingerprint density at radius 2 is 1.72 bits per heavy atom. The van der Waals surface area contributed by atoms with Crippen molar-refractivity contribution in [2.45, 2.75) is 13.0 Å². The number of benzene rings is 3. The molecule has 0 fully saturated rings. The highest BCUT2D eigenvalue weighted by atomic mass is 16.4. The summed E-state index contributed by atoms with van der Waals surface area (Å²) in [4.78, 5) is 32.6. The highest BCUT2D eigenvalue weighted by Crippen LogP contribution is 2.30. The molecule has 0 saturated carbocycles. The Hall–Kier alpha value is -4.98. The molecule has 2 heterocycles. The molecule has 1 amide bonds. The second-order valence-electron chi connectivity index (χ2n) is 8.32. The maximum Gasteiger partial charge on any atom is 0.307 e. The van der Waals surface area contributed by atoms with Crippen molar-refractivity contribution in [2.24, 2.45) is 0 Å². The number of pyridine rings is 1. The van der Waals surface area contributed by atoms with E-state index < -0.39 is 5.97 Å². The molecule has 0 aliphatic rings. The predicted molar refractivity (Wildman–Crippen MR) is 138 cm³/mol. The maximum atomic E-state index is 12.6. The number of carboxylic acid groups (broad SMARTS) is 1. The normalized spacial score (nSPS) is 10.9. The monoisotopic (exact) mass is 477 g/mol. The second-order valence-corrected chi connectivity index (χ2v) is 8.32. The third-order valence-electron chi connectivity index (χ3n) is 5.83. The van der Waals surface area contributed by atoms with Crippen LogP contribution in [0.5, 0.6) is 0 Å². The number of hydrogen-bond donors (Lipinski definition) is 3. The molecule has 5 rings (SSSR count). The molecule has 5 aromatic rings. The first kappa shape index (κ1) is 22.8. The summed E-state index contributed by atoms with van der Waals surface area (Å²) in [5, 5.41) is 11.9. The van der Waals surface area contributed by atoms with Crippen LogP contribution in [-0.2, 0) is 17.8 Å². The van der Waals surface area contributed by atoms with Crippen molar-refractivity contribution in [3.05, 3.63) is 108 Å². The van der Waals surface area contributed by atoms with E-state index in [1.807, 2.05) is 65.2 Å². The van der Waals surface area contributed by atoms with Crippen LogP contribution in [0.4, 0.5) is 5.82 Å². The lowest BCUT2D eigenvalue weighted by Gasteiger charge is -2.12. The number of hydrogen-bond acceptors (Lipinski definition) is 5. The molecular weight excluding hydrogens is 454 g/mol. The van der Waals surface area contributed by atoms with Gasteiger partial charge in [0.15, 0.2) is 0 Å². The Bertz CT molecular complexity index is 1570. The number of fused-ring (bicyclic) bond motifs is 1. The smallest absolute Gasteiger partial charge is 0.307 e. The van der Waals surface area contributed by atoms with E-state index in [-0.39, 0.29) is 12.3 Å². The fourth-order valence-corrected chi connectivity index (χ4v) is 4.12. The summed E-state index contributed by atoms with van der Waals surface area (Å²) >= 11 is 0. The lowest BCUT2D eigenvalue weighted by Crippen LogP contribution is -2.23. The molecule has 8 nitrogen and oxygen atoms in total. The van der Waals surface area contributed by atoms with Crippen LogP contribution in [0.2, 0.25) is 0 Å². The molecule has 36 heavy (non-hydrogen) atoms. The minimum Gasteiger partial charge on any atom is -0.481 e. The summed E-state index contributed by atoms with van der Waals surface area (Å²) in [6.07, 6.45) is 1.52. The van der Waals surface area contributed by atoms with Gasteiger partial charge in [0, 0.05) is 24.0 Å². The Morgan fingerprint density at radius 1 is 0.917 bits per heavy atom. The maximum absolute atomic E-state index is 12.6. The lowest BCUT2D eigenvalue weighted by atomic mass is 10.1. The van der Waals surface area contributed by atoms with Crippen molar-refractivity contribution in [2.75, 3.05) is 5.73 Å². The molecule has 0 unspecified atom stereocenters. The van der Waals surface area contributed by atoms with Gasteiger partial charge in [-0.25, -0.2) is 9.97 Å². The van der Waals surface area contributed by atoms with Gasteiger partial charge in [-0.3, -0.25) is 14.2 Å². The van der Waals surface area contributed by atoms with Gasteiger partial charge in [-0.2, -0.15) is 0 Å². The summed E-state index contributed by atoms with van der Waals surface area (Å²) in [6, 6.07) is 26.1. The Balaban J connectivity index is 1.39. The van der Waals surface area contributed by atoms with E-state index in [1.165, 1.54) is 0 Å². The predicted octanol–water partition coefficient (Wildman–Crippen LogP) is 4.23. The van der Waals surface area contributed by atoms with Crippen molar-refractivity contribution in [3.63, 3.8) is 0 Å². The number of aliphatic carboxylic acids is 1. The van der Waals surface area contributed by atoms with Gasteiger partial charge < -0.3 is 16.2 Å². The summed E-state index contributed by atoms with van der Waals surface area (Å²) in [7, 11) is 0. The number of carboxylic acids is 1. The molecule has 0 atom stereocenters.